The molecule has 1 aromatic carbocycles. The largest absolute Gasteiger partial charge is 0.479 e. The van der Waals surface area contributed by atoms with Crippen molar-refractivity contribution in [3.8, 4) is 0 Å². The van der Waals surface area contributed by atoms with Crippen LogP contribution < -0.4 is 5.32 Å². The first-order chi connectivity index (χ1) is 9.75. The number of carboxylic acids is 1. The molecule has 114 valence electrons. The van der Waals surface area contributed by atoms with Crippen molar-refractivity contribution in [2.24, 2.45) is 0 Å². The van der Waals surface area contributed by atoms with Crippen molar-refractivity contribution in [3.05, 3.63) is 35.4 Å². The van der Waals surface area contributed by atoms with Crippen LogP contribution in [0.15, 0.2) is 24.3 Å². The molecule has 1 aliphatic heterocycles. The number of carboxylic acid groups (broad SMARTS) is 1. The van der Waals surface area contributed by atoms with Gasteiger partial charge < -0.3 is 15.2 Å². The highest BCUT2D eigenvalue weighted by molar-refractivity contribution is 6.06. The maximum atomic E-state index is 12.5. The second kappa shape index (κ2) is 5.36. The molecule has 8 heteroatoms. The number of rotatable bonds is 4. The van der Waals surface area contributed by atoms with Gasteiger partial charge in [-0.25, -0.2) is 4.79 Å². The Morgan fingerprint density at radius 1 is 1.38 bits per heavy atom. The molecule has 0 radical (unpaired) electrons. The molecule has 0 saturated carbocycles. The highest BCUT2D eigenvalue weighted by Crippen LogP contribution is 2.30. The number of hydrogen-bond donors (Lipinski definition) is 2. The zero-order valence-corrected chi connectivity index (χ0v) is 10.7. The minimum Gasteiger partial charge on any atom is -0.479 e. The van der Waals surface area contributed by atoms with Gasteiger partial charge in [-0.2, -0.15) is 13.2 Å². The monoisotopic (exact) mass is 303 g/mol. The first kappa shape index (κ1) is 15.3. The van der Waals surface area contributed by atoms with E-state index in [2.05, 4.69) is 5.32 Å². The summed E-state index contributed by atoms with van der Waals surface area (Å²) >= 11 is 0. The van der Waals surface area contributed by atoms with E-state index in [1.165, 1.54) is 12.1 Å². The zero-order chi connectivity index (χ0) is 15.7. The molecule has 1 unspecified atom stereocenters. The van der Waals surface area contributed by atoms with Gasteiger partial charge in [-0.1, -0.05) is 12.1 Å². The van der Waals surface area contributed by atoms with Crippen LogP contribution in [0.1, 0.15) is 17.5 Å². The van der Waals surface area contributed by atoms with Gasteiger partial charge in [0.25, 0.3) is 5.91 Å². The number of hydrogen-bond acceptors (Lipinski definition) is 3. The number of aliphatic carboxylic acids is 1. The highest BCUT2D eigenvalue weighted by atomic mass is 19.4. The lowest BCUT2D eigenvalue weighted by Crippen LogP contribution is -2.60. The second-order valence-electron chi connectivity index (χ2n) is 4.61. The molecular formula is C13H12F3NO4. The van der Waals surface area contributed by atoms with Gasteiger partial charge in [-0.3, -0.25) is 4.79 Å². The quantitative estimate of drug-likeness (QED) is 0.828. The molecule has 0 aromatic heterocycles. The number of carbonyl (C=O) groups is 2. The van der Waals surface area contributed by atoms with E-state index in [0.29, 0.717) is 0 Å². The van der Waals surface area contributed by atoms with Crippen LogP contribution >= 0.6 is 0 Å². The lowest BCUT2D eigenvalue weighted by atomic mass is 9.94. The summed E-state index contributed by atoms with van der Waals surface area (Å²) in [6, 6.07) is 4.44. The summed E-state index contributed by atoms with van der Waals surface area (Å²) in [5.41, 5.74) is -2.53. The minimum atomic E-state index is -4.47. The van der Waals surface area contributed by atoms with Crippen LogP contribution in [0.3, 0.4) is 0 Å². The molecule has 2 rings (SSSR count). The van der Waals surface area contributed by atoms with Crippen molar-refractivity contribution in [2.75, 3.05) is 6.61 Å². The third-order valence-corrected chi connectivity index (χ3v) is 3.22. The fourth-order valence-electron chi connectivity index (χ4n) is 1.93. The summed E-state index contributed by atoms with van der Waals surface area (Å²) in [5, 5.41) is 11.3. The van der Waals surface area contributed by atoms with Crippen molar-refractivity contribution in [2.45, 2.75) is 24.7 Å². The second-order valence-corrected chi connectivity index (χ2v) is 4.61. The molecule has 21 heavy (non-hydrogen) atoms. The SMILES string of the molecule is O=C(O)C1(C(=O)NCc2cccc(C(F)(F)F)c2)CCO1. The zero-order valence-electron chi connectivity index (χ0n) is 10.7. The standard InChI is InChI=1S/C13H12F3NO4/c14-13(15,16)9-3-1-2-8(6-9)7-17-10(18)12(11(19)20)4-5-21-12/h1-3,6H,4-5,7H2,(H,17,18)(H,19,20). The molecule has 1 atom stereocenters. The minimum absolute atomic E-state index is 0.0384. The first-order valence-corrected chi connectivity index (χ1v) is 6.07. The fraction of sp³-hybridized carbons (Fsp3) is 0.385. The molecule has 1 heterocycles. The average molecular weight is 303 g/mol. The predicted octanol–water partition coefficient (Wildman–Crippen LogP) is 1.57. The Balaban J connectivity index is 2.03. The summed E-state index contributed by atoms with van der Waals surface area (Å²) in [6.45, 7) is -0.0512. The Morgan fingerprint density at radius 2 is 2.05 bits per heavy atom. The average Bonchev–Trinajstić information content (AvgIpc) is 2.34. The Morgan fingerprint density at radius 3 is 2.52 bits per heavy atom. The van der Waals surface area contributed by atoms with Crippen LogP contribution in [0.4, 0.5) is 13.2 Å². The van der Waals surface area contributed by atoms with Gasteiger partial charge in [0.15, 0.2) is 0 Å². The first-order valence-electron chi connectivity index (χ1n) is 6.07. The molecule has 1 aromatic rings. The van der Waals surface area contributed by atoms with Gasteiger partial charge in [-0.05, 0) is 17.7 Å². The Hall–Kier alpha value is -2.09. The van der Waals surface area contributed by atoms with Crippen LogP contribution in [0, 0.1) is 0 Å². The molecule has 0 spiro atoms. The van der Waals surface area contributed by atoms with E-state index in [4.69, 9.17) is 9.84 Å². The highest BCUT2D eigenvalue weighted by Gasteiger charge is 2.53. The number of amides is 1. The number of carbonyl (C=O) groups excluding carboxylic acids is 1. The molecule has 1 aliphatic rings. The molecule has 1 amide bonds. The van der Waals surface area contributed by atoms with E-state index in [1.54, 1.807) is 0 Å². The number of nitrogens with one attached hydrogen (secondary N) is 1. The summed E-state index contributed by atoms with van der Waals surface area (Å²) in [4.78, 5) is 22.8. The van der Waals surface area contributed by atoms with Crippen LogP contribution in [-0.4, -0.2) is 29.2 Å². The van der Waals surface area contributed by atoms with Crippen LogP contribution in [0.2, 0.25) is 0 Å². The van der Waals surface area contributed by atoms with Crippen LogP contribution in [0.5, 0.6) is 0 Å². The van der Waals surface area contributed by atoms with Crippen LogP contribution in [0.25, 0.3) is 0 Å². The van der Waals surface area contributed by atoms with Gasteiger partial charge in [0, 0.05) is 13.0 Å². The van der Waals surface area contributed by atoms with Gasteiger partial charge in [-0.15, -0.1) is 0 Å². The number of alkyl halides is 3. The Bertz CT molecular complexity index is 567. The number of benzene rings is 1. The predicted molar refractivity (Wildman–Crippen MR) is 64.2 cm³/mol. The van der Waals surface area contributed by atoms with Gasteiger partial charge in [0.1, 0.15) is 0 Å². The smallest absolute Gasteiger partial charge is 0.416 e. The fourth-order valence-corrected chi connectivity index (χ4v) is 1.93. The third kappa shape index (κ3) is 2.99. The van der Waals surface area contributed by atoms with Gasteiger partial charge in [0.05, 0.1) is 12.2 Å². The summed E-state index contributed by atoms with van der Waals surface area (Å²) < 4.78 is 42.4. The normalized spacial score (nSPS) is 21.5. The van der Waals surface area contributed by atoms with Gasteiger partial charge in [0.2, 0.25) is 5.60 Å². The summed E-state index contributed by atoms with van der Waals surface area (Å²) in [7, 11) is 0. The van der Waals surface area contributed by atoms with Crippen molar-refractivity contribution in [1.29, 1.82) is 0 Å². The maximum Gasteiger partial charge on any atom is 0.416 e. The van der Waals surface area contributed by atoms with Gasteiger partial charge >= 0.3 is 12.1 Å². The molecule has 1 saturated heterocycles. The van der Waals surface area contributed by atoms with Crippen molar-refractivity contribution in [1.82, 2.24) is 5.32 Å². The Kier molecular flexibility index (Phi) is 3.91. The maximum absolute atomic E-state index is 12.5. The van der Waals surface area contributed by atoms with Crippen molar-refractivity contribution >= 4 is 11.9 Å². The molecule has 1 fully saturated rings. The van der Waals surface area contributed by atoms with E-state index in [9.17, 15) is 22.8 Å². The molecule has 0 aliphatic carbocycles. The third-order valence-electron chi connectivity index (χ3n) is 3.22. The van der Waals surface area contributed by atoms with Crippen molar-refractivity contribution in [3.63, 3.8) is 0 Å². The van der Waals surface area contributed by atoms with E-state index >= 15 is 0 Å². The lowest BCUT2D eigenvalue weighted by Gasteiger charge is -2.35. The van der Waals surface area contributed by atoms with Crippen LogP contribution in [-0.2, 0) is 27.0 Å². The lowest BCUT2D eigenvalue weighted by molar-refractivity contribution is -0.197. The van der Waals surface area contributed by atoms with E-state index in [0.717, 1.165) is 12.1 Å². The summed E-state index contributed by atoms with van der Waals surface area (Å²) in [5.74, 6) is -2.27. The molecule has 5 nitrogen and oxygen atoms in total. The van der Waals surface area contributed by atoms with Crippen molar-refractivity contribution < 1.29 is 32.6 Å². The molecule has 0 bridgehead atoms. The van der Waals surface area contributed by atoms with E-state index < -0.39 is 29.2 Å². The topological polar surface area (TPSA) is 75.6 Å². The Labute approximate surface area is 117 Å². The summed E-state index contributed by atoms with van der Waals surface area (Å²) in [6.07, 6.45) is -4.43. The number of ether oxygens (including phenoxy) is 1. The molecular weight excluding hydrogens is 291 g/mol. The molecule has 2 N–H and O–H groups in total. The number of halogens is 3. The van der Waals surface area contributed by atoms with E-state index in [1.807, 2.05) is 0 Å². The van der Waals surface area contributed by atoms with E-state index in [-0.39, 0.29) is 25.1 Å².